The Balaban J connectivity index is 1.15. The Bertz CT molecular complexity index is 1520. The van der Waals surface area contributed by atoms with E-state index in [1.54, 1.807) is 23.0 Å². The van der Waals surface area contributed by atoms with Gasteiger partial charge in [0.1, 0.15) is 18.1 Å². The molecule has 0 aliphatic heterocycles. The molecule has 1 heterocycles. The van der Waals surface area contributed by atoms with Crippen LogP contribution in [0.2, 0.25) is 0 Å². The molecule has 1 aromatic heterocycles. The number of allylic oxidation sites excluding steroid dienone is 1. The van der Waals surface area contributed by atoms with Crippen LogP contribution in [-0.4, -0.2) is 32.2 Å². The van der Waals surface area contributed by atoms with Crippen molar-refractivity contribution >= 4 is 5.97 Å². The molecule has 0 saturated heterocycles. The number of rotatable bonds is 5. The average molecular weight is 632 g/mol. The van der Waals surface area contributed by atoms with E-state index in [4.69, 9.17) is 4.74 Å². The molecule has 6 nitrogen and oxygen atoms in total. The summed E-state index contributed by atoms with van der Waals surface area (Å²) in [6.07, 6.45) is 12.0. The Morgan fingerprint density at radius 2 is 1.70 bits per heavy atom. The predicted octanol–water partition coefficient (Wildman–Crippen LogP) is 8.47. The van der Waals surface area contributed by atoms with Gasteiger partial charge in [0, 0.05) is 0 Å². The molecule has 250 valence electrons. The van der Waals surface area contributed by atoms with Gasteiger partial charge in [0.05, 0.1) is 23.4 Å². The number of halogens is 1. The number of aliphatic hydroxyl groups excluding tert-OH is 1. The van der Waals surface area contributed by atoms with Crippen molar-refractivity contribution in [1.29, 1.82) is 0 Å². The molecule has 0 bridgehead atoms. The molecule has 7 heteroatoms. The van der Waals surface area contributed by atoms with Crippen molar-refractivity contribution in [3.63, 3.8) is 0 Å². The van der Waals surface area contributed by atoms with Crippen molar-refractivity contribution in [3.8, 4) is 5.69 Å². The number of fused-ring (bicyclic) bond motifs is 7. The minimum Gasteiger partial charge on any atom is -0.459 e. The van der Waals surface area contributed by atoms with Gasteiger partial charge in [-0.1, -0.05) is 52.0 Å². The number of ether oxygens (including phenoxy) is 1. The number of benzene rings is 1. The van der Waals surface area contributed by atoms with E-state index >= 15 is 0 Å². The zero-order chi connectivity index (χ0) is 32.9. The fraction of sp³-hybridized carbons (Fsp3) is 0.718. The van der Waals surface area contributed by atoms with Crippen LogP contribution in [0.15, 0.2) is 42.6 Å². The van der Waals surface area contributed by atoms with Crippen LogP contribution in [0.25, 0.3) is 5.69 Å². The van der Waals surface area contributed by atoms with Gasteiger partial charge in [-0.3, -0.25) is 4.79 Å². The number of carbonyl (C=O) groups is 1. The van der Waals surface area contributed by atoms with Crippen molar-refractivity contribution in [2.45, 2.75) is 118 Å². The summed E-state index contributed by atoms with van der Waals surface area (Å²) >= 11 is 0. The fourth-order valence-electron chi connectivity index (χ4n) is 12.9. The highest BCUT2D eigenvalue weighted by Crippen LogP contribution is 2.77. The van der Waals surface area contributed by atoms with Crippen LogP contribution in [0, 0.1) is 62.5 Å². The summed E-state index contributed by atoms with van der Waals surface area (Å²) < 4.78 is 21.2. The number of aromatic nitrogens is 3. The molecule has 46 heavy (non-hydrogen) atoms. The summed E-state index contributed by atoms with van der Waals surface area (Å²) in [5.74, 6) is 1.79. The second kappa shape index (κ2) is 10.7. The van der Waals surface area contributed by atoms with Crippen molar-refractivity contribution in [1.82, 2.24) is 15.0 Å². The number of carbonyl (C=O) groups excluding carboxylic acids is 1. The molecule has 0 radical (unpaired) electrons. The Morgan fingerprint density at radius 1 is 0.957 bits per heavy atom. The normalized spacial score (nSPS) is 42.7. The molecule has 1 aromatic carbocycles. The Kier molecular flexibility index (Phi) is 7.47. The van der Waals surface area contributed by atoms with Crippen LogP contribution in [0.3, 0.4) is 0 Å². The van der Waals surface area contributed by atoms with Crippen LogP contribution < -0.4 is 0 Å². The van der Waals surface area contributed by atoms with Gasteiger partial charge in [0.2, 0.25) is 0 Å². The van der Waals surface area contributed by atoms with Crippen LogP contribution in [0.4, 0.5) is 4.39 Å². The predicted molar refractivity (Wildman–Crippen MR) is 176 cm³/mol. The standard InChI is InChI=1S/C39H54FN3O3/c1-24(2)28-14-19-39(34(45)46-23-26-22-43(42-41-26)27-10-8-25(40)9-11-27)21-20-37(6)29(33(28)39)12-13-31-36(5)17-16-32(44)35(3,4)30(36)15-18-38(31,37)7/h8-11,22,28-33,44H,1,12-21,23H2,2-7H3/t28-,29+,30-,31+,32-,33+,36-,37+,38+,39-/m0/s1. The van der Waals surface area contributed by atoms with E-state index in [0.29, 0.717) is 35.1 Å². The van der Waals surface area contributed by atoms with Crippen molar-refractivity contribution in [2.75, 3.05) is 0 Å². The van der Waals surface area contributed by atoms with E-state index in [1.165, 1.54) is 37.0 Å². The van der Waals surface area contributed by atoms with Crippen LogP contribution >= 0.6 is 0 Å². The quantitative estimate of drug-likeness (QED) is 0.265. The Hall–Kier alpha value is -2.54. The van der Waals surface area contributed by atoms with E-state index in [9.17, 15) is 14.3 Å². The highest BCUT2D eigenvalue weighted by Gasteiger charge is 2.72. The van der Waals surface area contributed by atoms with Crippen molar-refractivity contribution in [3.05, 3.63) is 54.1 Å². The van der Waals surface area contributed by atoms with Gasteiger partial charge in [0.25, 0.3) is 0 Å². The summed E-state index contributed by atoms with van der Waals surface area (Å²) in [4.78, 5) is 14.4. The van der Waals surface area contributed by atoms with Gasteiger partial charge in [0.15, 0.2) is 0 Å². The van der Waals surface area contributed by atoms with Gasteiger partial charge in [-0.2, -0.15) is 0 Å². The molecule has 1 N–H and O–H groups in total. The number of hydrogen-bond acceptors (Lipinski definition) is 5. The molecule has 5 aliphatic rings. The lowest BCUT2D eigenvalue weighted by molar-refractivity contribution is -0.248. The van der Waals surface area contributed by atoms with E-state index in [2.05, 4.69) is 58.4 Å². The van der Waals surface area contributed by atoms with Gasteiger partial charge in [-0.05, 0) is 147 Å². The number of nitrogens with zero attached hydrogens (tertiary/aromatic N) is 3. The van der Waals surface area contributed by atoms with Crippen molar-refractivity contribution < 1.29 is 19.0 Å². The smallest absolute Gasteiger partial charge is 0.312 e. The molecule has 0 amide bonds. The fourth-order valence-corrected chi connectivity index (χ4v) is 12.9. The second-order valence-corrected chi connectivity index (χ2v) is 17.4. The lowest BCUT2D eigenvalue weighted by Crippen LogP contribution is -2.67. The molecule has 5 fully saturated rings. The maximum Gasteiger partial charge on any atom is 0.312 e. The third-order valence-corrected chi connectivity index (χ3v) is 15.4. The van der Waals surface area contributed by atoms with E-state index in [1.807, 2.05) is 0 Å². The molecule has 7 rings (SSSR count). The highest BCUT2D eigenvalue weighted by atomic mass is 19.1. The second-order valence-electron chi connectivity index (χ2n) is 17.4. The molecule has 10 atom stereocenters. The summed E-state index contributed by atoms with van der Waals surface area (Å²) in [5.41, 5.74) is 2.49. The first-order valence-corrected chi connectivity index (χ1v) is 17.9. The van der Waals surface area contributed by atoms with Crippen LogP contribution in [0.5, 0.6) is 0 Å². The van der Waals surface area contributed by atoms with E-state index in [0.717, 1.165) is 44.9 Å². The minimum atomic E-state index is -0.498. The zero-order valence-corrected chi connectivity index (χ0v) is 28.8. The molecule has 2 aromatic rings. The number of hydrogen-bond donors (Lipinski definition) is 1. The maximum atomic E-state index is 14.4. The Morgan fingerprint density at radius 3 is 2.41 bits per heavy atom. The highest BCUT2D eigenvalue weighted by molar-refractivity contribution is 5.78. The first-order chi connectivity index (χ1) is 21.7. The average Bonchev–Trinajstić information content (AvgIpc) is 3.65. The van der Waals surface area contributed by atoms with Gasteiger partial charge < -0.3 is 9.84 Å². The summed E-state index contributed by atoms with van der Waals surface area (Å²) in [6.45, 7) is 19.1. The Labute approximate surface area is 274 Å². The van der Waals surface area contributed by atoms with Crippen molar-refractivity contribution in [2.24, 2.45) is 56.7 Å². The summed E-state index contributed by atoms with van der Waals surface area (Å²) in [7, 11) is 0. The van der Waals surface area contributed by atoms with E-state index < -0.39 is 5.41 Å². The minimum absolute atomic E-state index is 0.0571. The van der Waals surface area contributed by atoms with Gasteiger partial charge in [-0.15, -0.1) is 5.10 Å². The lowest BCUT2D eigenvalue weighted by Gasteiger charge is -2.72. The maximum absolute atomic E-state index is 14.4. The molecular weight excluding hydrogens is 577 g/mol. The summed E-state index contributed by atoms with van der Waals surface area (Å²) in [5, 5.41) is 19.5. The van der Waals surface area contributed by atoms with Crippen LogP contribution in [0.1, 0.15) is 111 Å². The molecular formula is C39H54FN3O3. The third kappa shape index (κ3) is 4.38. The first-order valence-electron chi connectivity index (χ1n) is 17.9. The van der Waals surface area contributed by atoms with Crippen LogP contribution in [-0.2, 0) is 16.1 Å². The van der Waals surface area contributed by atoms with Gasteiger partial charge in [-0.25, -0.2) is 9.07 Å². The molecule has 5 saturated carbocycles. The molecule has 0 spiro atoms. The third-order valence-electron chi connectivity index (χ3n) is 15.4. The monoisotopic (exact) mass is 631 g/mol. The molecule has 0 unspecified atom stereocenters. The SMILES string of the molecule is C=C(C)[C@@H]1CC[C@]2(C(=O)OCc3cn(-c4ccc(F)cc4)nn3)CC[C@]3(C)[C@H](CC[C@@H]4[C@@]5(C)CC[C@H](O)C(C)(C)[C@@H]5CC[C@]43C)[C@@H]12. The molecule has 5 aliphatic carbocycles. The van der Waals surface area contributed by atoms with E-state index in [-0.39, 0.29) is 52.1 Å². The topological polar surface area (TPSA) is 77.2 Å². The zero-order valence-electron chi connectivity index (χ0n) is 28.8. The largest absolute Gasteiger partial charge is 0.459 e. The van der Waals surface area contributed by atoms with Gasteiger partial charge >= 0.3 is 5.97 Å². The number of esters is 1. The number of aliphatic hydroxyl groups is 1. The summed E-state index contributed by atoms with van der Waals surface area (Å²) in [6, 6.07) is 6.09. The first kappa shape index (κ1) is 32.0. The lowest BCUT2D eigenvalue weighted by atomic mass is 9.32.